The van der Waals surface area contributed by atoms with Crippen LogP contribution in [0, 0.1) is 10.1 Å². The van der Waals surface area contributed by atoms with Crippen LogP contribution in [0.5, 0.6) is 11.5 Å². The number of nitrogens with zero attached hydrogens (tertiary/aromatic N) is 1. The number of hydrogen-bond donors (Lipinski definition) is 2. The second-order valence-electron chi connectivity index (χ2n) is 5.23. The van der Waals surface area contributed by atoms with Crippen molar-refractivity contribution in [3.8, 4) is 11.5 Å². The predicted octanol–water partition coefficient (Wildman–Crippen LogP) is 3.35. The SMILES string of the molecule is COc1ccc2[nH]c(C(=O)Nc3cc([N+](=O)[O-])ccc3OC)cc2c1. The summed E-state index contributed by atoms with van der Waals surface area (Å²) >= 11 is 0. The summed E-state index contributed by atoms with van der Waals surface area (Å²) in [6.45, 7) is 0. The van der Waals surface area contributed by atoms with Crippen molar-refractivity contribution in [2.45, 2.75) is 0 Å². The lowest BCUT2D eigenvalue weighted by Crippen LogP contribution is -2.13. The molecule has 1 amide bonds. The van der Waals surface area contributed by atoms with Crippen molar-refractivity contribution in [2.24, 2.45) is 0 Å². The van der Waals surface area contributed by atoms with E-state index >= 15 is 0 Å². The first-order valence-electron chi connectivity index (χ1n) is 7.32. The van der Waals surface area contributed by atoms with Gasteiger partial charge in [-0.05, 0) is 30.3 Å². The van der Waals surface area contributed by atoms with Gasteiger partial charge in [-0.15, -0.1) is 0 Å². The largest absolute Gasteiger partial charge is 0.497 e. The number of carbonyl (C=O) groups excluding carboxylic acids is 1. The molecule has 128 valence electrons. The van der Waals surface area contributed by atoms with E-state index in [1.807, 2.05) is 0 Å². The Bertz CT molecular complexity index is 964. The van der Waals surface area contributed by atoms with Crippen LogP contribution in [-0.2, 0) is 0 Å². The Balaban J connectivity index is 1.91. The van der Waals surface area contributed by atoms with Crippen molar-refractivity contribution in [1.82, 2.24) is 4.98 Å². The molecule has 8 heteroatoms. The minimum atomic E-state index is -0.537. The topological polar surface area (TPSA) is 106 Å². The molecule has 0 bridgehead atoms. The quantitative estimate of drug-likeness (QED) is 0.547. The van der Waals surface area contributed by atoms with E-state index in [0.29, 0.717) is 17.2 Å². The Morgan fingerprint density at radius 3 is 2.60 bits per heavy atom. The van der Waals surface area contributed by atoms with Crippen LogP contribution in [0.3, 0.4) is 0 Å². The Hall–Kier alpha value is -3.55. The van der Waals surface area contributed by atoms with Crippen molar-refractivity contribution in [1.29, 1.82) is 0 Å². The maximum Gasteiger partial charge on any atom is 0.272 e. The highest BCUT2D eigenvalue weighted by Crippen LogP contribution is 2.29. The molecule has 0 radical (unpaired) electrons. The van der Waals surface area contributed by atoms with Crippen molar-refractivity contribution in [3.63, 3.8) is 0 Å². The Labute approximate surface area is 142 Å². The fraction of sp³-hybridized carbons (Fsp3) is 0.118. The van der Waals surface area contributed by atoms with Gasteiger partial charge in [-0.2, -0.15) is 0 Å². The fourth-order valence-electron chi connectivity index (χ4n) is 2.46. The number of anilines is 1. The van der Waals surface area contributed by atoms with E-state index in [1.165, 1.54) is 25.3 Å². The van der Waals surface area contributed by atoms with E-state index in [9.17, 15) is 14.9 Å². The zero-order chi connectivity index (χ0) is 18.0. The molecule has 0 fully saturated rings. The predicted molar refractivity (Wildman–Crippen MR) is 92.5 cm³/mol. The summed E-state index contributed by atoms with van der Waals surface area (Å²) in [5.41, 5.74) is 1.17. The summed E-state index contributed by atoms with van der Waals surface area (Å²) in [5, 5.41) is 14.4. The number of ether oxygens (including phenoxy) is 2. The molecule has 0 saturated carbocycles. The number of non-ortho nitro benzene ring substituents is 1. The standard InChI is InChI=1S/C17H15N3O5/c1-24-12-4-5-13-10(7-12)8-15(18-13)17(21)19-14-9-11(20(22)23)3-6-16(14)25-2/h3-9,18H,1-2H3,(H,19,21). The monoisotopic (exact) mass is 341 g/mol. The van der Waals surface area contributed by atoms with Crippen LogP contribution in [0.2, 0.25) is 0 Å². The third-order valence-electron chi connectivity index (χ3n) is 3.71. The van der Waals surface area contributed by atoms with Gasteiger partial charge in [-0.3, -0.25) is 14.9 Å². The highest BCUT2D eigenvalue weighted by molar-refractivity contribution is 6.06. The maximum absolute atomic E-state index is 12.5. The summed E-state index contributed by atoms with van der Waals surface area (Å²) in [5.74, 6) is 0.574. The number of carbonyl (C=O) groups is 1. The lowest BCUT2D eigenvalue weighted by Gasteiger charge is -2.09. The van der Waals surface area contributed by atoms with Gasteiger partial charge in [0.05, 0.1) is 24.8 Å². The summed E-state index contributed by atoms with van der Waals surface area (Å²) < 4.78 is 10.3. The number of nitrogens with one attached hydrogen (secondary N) is 2. The molecule has 0 atom stereocenters. The second-order valence-corrected chi connectivity index (χ2v) is 5.23. The van der Waals surface area contributed by atoms with Crippen LogP contribution in [0.1, 0.15) is 10.5 Å². The van der Waals surface area contributed by atoms with Crippen molar-refractivity contribution in [2.75, 3.05) is 19.5 Å². The van der Waals surface area contributed by atoms with Crippen LogP contribution in [-0.4, -0.2) is 30.0 Å². The molecule has 3 aromatic rings. The molecule has 2 N–H and O–H groups in total. The molecule has 0 aliphatic rings. The van der Waals surface area contributed by atoms with E-state index in [-0.39, 0.29) is 11.4 Å². The first-order chi connectivity index (χ1) is 12.0. The molecule has 1 heterocycles. The summed E-state index contributed by atoms with van der Waals surface area (Å²) in [7, 11) is 2.99. The number of fused-ring (bicyclic) bond motifs is 1. The highest BCUT2D eigenvalue weighted by Gasteiger charge is 2.16. The van der Waals surface area contributed by atoms with E-state index in [2.05, 4.69) is 10.3 Å². The Morgan fingerprint density at radius 1 is 1.12 bits per heavy atom. The number of amides is 1. The highest BCUT2D eigenvalue weighted by atomic mass is 16.6. The molecular weight excluding hydrogens is 326 g/mol. The number of methoxy groups -OCH3 is 2. The van der Waals surface area contributed by atoms with Gasteiger partial charge in [0.25, 0.3) is 11.6 Å². The van der Waals surface area contributed by atoms with E-state index in [1.54, 1.807) is 31.4 Å². The molecule has 25 heavy (non-hydrogen) atoms. The van der Waals surface area contributed by atoms with Crippen molar-refractivity contribution < 1.29 is 19.2 Å². The number of rotatable bonds is 5. The normalized spacial score (nSPS) is 10.5. The molecule has 1 aromatic heterocycles. The van der Waals surface area contributed by atoms with Gasteiger partial charge in [0.2, 0.25) is 0 Å². The zero-order valence-electron chi connectivity index (χ0n) is 13.5. The summed E-state index contributed by atoms with van der Waals surface area (Å²) in [4.78, 5) is 25.9. The lowest BCUT2D eigenvalue weighted by molar-refractivity contribution is -0.384. The zero-order valence-corrected chi connectivity index (χ0v) is 13.5. The molecule has 0 saturated heterocycles. The van der Waals surface area contributed by atoms with E-state index in [4.69, 9.17) is 9.47 Å². The molecule has 0 aliphatic carbocycles. The smallest absolute Gasteiger partial charge is 0.272 e. The molecule has 0 aliphatic heterocycles. The van der Waals surface area contributed by atoms with Crippen molar-refractivity contribution >= 4 is 28.2 Å². The van der Waals surface area contributed by atoms with E-state index in [0.717, 1.165) is 10.9 Å². The number of aromatic amines is 1. The third-order valence-corrected chi connectivity index (χ3v) is 3.71. The van der Waals surface area contributed by atoms with Gasteiger partial charge < -0.3 is 19.8 Å². The fourth-order valence-corrected chi connectivity index (χ4v) is 2.46. The Morgan fingerprint density at radius 2 is 1.92 bits per heavy atom. The molecular formula is C17H15N3O5. The number of hydrogen-bond acceptors (Lipinski definition) is 5. The minimum Gasteiger partial charge on any atom is -0.497 e. The molecule has 8 nitrogen and oxygen atoms in total. The number of benzene rings is 2. The molecule has 0 spiro atoms. The molecule has 2 aromatic carbocycles. The van der Waals surface area contributed by atoms with Crippen LogP contribution >= 0.6 is 0 Å². The van der Waals surface area contributed by atoms with Crippen LogP contribution < -0.4 is 14.8 Å². The van der Waals surface area contributed by atoms with Crippen LogP contribution in [0.15, 0.2) is 42.5 Å². The first kappa shape index (κ1) is 16.3. The molecule has 0 unspecified atom stereocenters. The average Bonchev–Trinajstić information content (AvgIpc) is 3.04. The first-order valence-corrected chi connectivity index (χ1v) is 7.32. The number of H-pyrrole nitrogens is 1. The van der Waals surface area contributed by atoms with E-state index < -0.39 is 10.8 Å². The number of aromatic nitrogens is 1. The van der Waals surface area contributed by atoms with Gasteiger partial charge in [-0.25, -0.2) is 0 Å². The summed E-state index contributed by atoms with van der Waals surface area (Å²) in [6, 6.07) is 11.1. The maximum atomic E-state index is 12.5. The lowest BCUT2D eigenvalue weighted by atomic mass is 10.2. The van der Waals surface area contributed by atoms with Gasteiger partial charge in [0.1, 0.15) is 17.2 Å². The molecule has 3 rings (SSSR count). The summed E-state index contributed by atoms with van der Waals surface area (Å²) in [6.07, 6.45) is 0. The van der Waals surface area contributed by atoms with Crippen molar-refractivity contribution in [3.05, 3.63) is 58.3 Å². The number of nitro benzene ring substituents is 1. The van der Waals surface area contributed by atoms with Gasteiger partial charge >= 0.3 is 0 Å². The van der Waals surface area contributed by atoms with Crippen LogP contribution in [0.25, 0.3) is 10.9 Å². The van der Waals surface area contributed by atoms with Crippen LogP contribution in [0.4, 0.5) is 11.4 Å². The third kappa shape index (κ3) is 3.23. The van der Waals surface area contributed by atoms with Gasteiger partial charge in [0.15, 0.2) is 0 Å². The minimum absolute atomic E-state index is 0.141. The van der Waals surface area contributed by atoms with Gasteiger partial charge in [-0.1, -0.05) is 0 Å². The number of nitro groups is 1. The Kier molecular flexibility index (Phi) is 4.25. The van der Waals surface area contributed by atoms with Gasteiger partial charge in [0, 0.05) is 23.0 Å². The second kappa shape index (κ2) is 6.52. The average molecular weight is 341 g/mol.